The Labute approximate surface area is 77.2 Å². The molecule has 0 fully saturated rings. The van der Waals surface area contributed by atoms with Crippen molar-refractivity contribution >= 4 is 5.97 Å². The summed E-state index contributed by atoms with van der Waals surface area (Å²) in [6, 6.07) is 0. The van der Waals surface area contributed by atoms with Gasteiger partial charge in [-0.2, -0.15) is 0 Å². The molecule has 0 aromatic carbocycles. The second kappa shape index (κ2) is 3.65. The van der Waals surface area contributed by atoms with Gasteiger partial charge in [0.15, 0.2) is 5.82 Å². The maximum absolute atomic E-state index is 12.9. The third-order valence-electron chi connectivity index (χ3n) is 1.74. The van der Waals surface area contributed by atoms with E-state index in [1.807, 2.05) is 0 Å². The van der Waals surface area contributed by atoms with Crippen molar-refractivity contribution in [3.63, 3.8) is 0 Å². The largest absolute Gasteiger partial charge is 0.478 e. The maximum atomic E-state index is 12.9. The first-order chi connectivity index (χ1) is 6.45. The van der Waals surface area contributed by atoms with Gasteiger partial charge >= 0.3 is 5.97 Å². The van der Waals surface area contributed by atoms with Gasteiger partial charge in [-0.05, 0) is 12.5 Å². The quantitative estimate of drug-likeness (QED) is 0.804. The predicted octanol–water partition coefficient (Wildman–Crippen LogP) is 2.16. The fourth-order valence-corrected chi connectivity index (χ4v) is 1.08. The molecule has 1 aromatic heterocycles. The van der Waals surface area contributed by atoms with Gasteiger partial charge in [0.1, 0.15) is 11.3 Å². The van der Waals surface area contributed by atoms with E-state index in [2.05, 4.69) is 4.98 Å². The molecule has 6 heteroatoms. The number of carbonyl (C=O) groups is 1. The first-order valence-electron chi connectivity index (χ1n) is 3.61. The summed E-state index contributed by atoms with van der Waals surface area (Å²) in [4.78, 5) is 13.6. The Balaban J connectivity index is 3.41. The molecule has 76 valence electrons. The number of hydrogen-bond acceptors (Lipinski definition) is 2. The summed E-state index contributed by atoms with van der Waals surface area (Å²) in [6.07, 6.45) is -2.42. The minimum Gasteiger partial charge on any atom is -0.478 e. The maximum Gasteiger partial charge on any atom is 0.339 e. The van der Waals surface area contributed by atoms with Crippen molar-refractivity contribution in [2.75, 3.05) is 0 Å². The van der Waals surface area contributed by atoms with Crippen molar-refractivity contribution in [3.05, 3.63) is 28.8 Å². The lowest BCUT2D eigenvalue weighted by Crippen LogP contribution is -2.08. The number of aromatic nitrogens is 1. The van der Waals surface area contributed by atoms with Crippen LogP contribution in [0, 0.1) is 12.7 Å². The smallest absolute Gasteiger partial charge is 0.339 e. The average Bonchev–Trinajstić information content (AvgIpc) is 2.02. The van der Waals surface area contributed by atoms with E-state index >= 15 is 0 Å². The first kappa shape index (κ1) is 10.5. The molecule has 0 unspecified atom stereocenters. The number of nitrogens with zero attached hydrogens (tertiary/aromatic N) is 1. The standard InChI is InChI=1S/C8H6F3NO2/c1-3-5(8(13)14)4(9)2-12-6(3)7(10)11/h2,7H,1H3,(H,13,14). The number of alkyl halides is 2. The monoisotopic (exact) mass is 205 g/mol. The van der Waals surface area contributed by atoms with E-state index in [-0.39, 0.29) is 5.56 Å². The van der Waals surface area contributed by atoms with Crippen molar-refractivity contribution in [3.8, 4) is 0 Å². The Morgan fingerprint density at radius 1 is 1.57 bits per heavy atom. The number of rotatable bonds is 2. The summed E-state index contributed by atoms with van der Waals surface area (Å²) in [7, 11) is 0. The van der Waals surface area contributed by atoms with Crippen LogP contribution in [0.2, 0.25) is 0 Å². The van der Waals surface area contributed by atoms with Gasteiger partial charge in [0, 0.05) is 0 Å². The lowest BCUT2D eigenvalue weighted by Gasteiger charge is -2.06. The molecule has 14 heavy (non-hydrogen) atoms. The molecule has 0 radical (unpaired) electrons. The van der Waals surface area contributed by atoms with Gasteiger partial charge < -0.3 is 5.11 Å². The lowest BCUT2D eigenvalue weighted by molar-refractivity contribution is 0.0690. The Hall–Kier alpha value is -1.59. The molecule has 3 nitrogen and oxygen atoms in total. The van der Waals surface area contributed by atoms with Gasteiger partial charge in [0.2, 0.25) is 0 Å². The third-order valence-corrected chi connectivity index (χ3v) is 1.74. The highest BCUT2D eigenvalue weighted by atomic mass is 19.3. The minimum atomic E-state index is -2.91. The molecule has 1 rings (SSSR count). The molecule has 0 saturated heterocycles. The molecule has 0 aliphatic rings. The highest BCUT2D eigenvalue weighted by molar-refractivity contribution is 5.89. The molecule has 0 saturated carbocycles. The Morgan fingerprint density at radius 3 is 2.57 bits per heavy atom. The van der Waals surface area contributed by atoms with Gasteiger partial charge in [-0.15, -0.1) is 0 Å². The molecule has 0 spiro atoms. The predicted molar refractivity (Wildman–Crippen MR) is 40.8 cm³/mol. The van der Waals surface area contributed by atoms with Crippen LogP contribution in [0.15, 0.2) is 6.20 Å². The second-order valence-corrected chi connectivity index (χ2v) is 2.60. The molecule has 1 heterocycles. The number of aromatic carboxylic acids is 1. The van der Waals surface area contributed by atoms with E-state index in [4.69, 9.17) is 5.11 Å². The number of carboxylic acids is 1. The average molecular weight is 205 g/mol. The normalized spacial score (nSPS) is 10.6. The van der Waals surface area contributed by atoms with Crippen molar-refractivity contribution in [1.82, 2.24) is 4.98 Å². The van der Waals surface area contributed by atoms with E-state index in [0.29, 0.717) is 6.20 Å². The summed E-state index contributed by atoms with van der Waals surface area (Å²) >= 11 is 0. The zero-order valence-corrected chi connectivity index (χ0v) is 7.09. The van der Waals surface area contributed by atoms with Gasteiger partial charge in [0.25, 0.3) is 6.43 Å². The lowest BCUT2D eigenvalue weighted by atomic mass is 10.1. The summed E-state index contributed by atoms with van der Waals surface area (Å²) < 4.78 is 37.3. The molecule has 0 aliphatic carbocycles. The van der Waals surface area contributed by atoms with Crippen LogP contribution in [0.5, 0.6) is 0 Å². The highest BCUT2D eigenvalue weighted by Gasteiger charge is 2.21. The van der Waals surface area contributed by atoms with Crippen LogP contribution in [0.1, 0.15) is 28.0 Å². The molecular weight excluding hydrogens is 199 g/mol. The van der Waals surface area contributed by atoms with Crippen LogP contribution in [0.4, 0.5) is 13.2 Å². The van der Waals surface area contributed by atoms with E-state index in [1.165, 1.54) is 0 Å². The molecule has 0 bridgehead atoms. The van der Waals surface area contributed by atoms with Crippen molar-refractivity contribution < 1.29 is 23.1 Å². The van der Waals surface area contributed by atoms with Gasteiger partial charge in [-0.1, -0.05) is 0 Å². The number of pyridine rings is 1. The number of halogens is 3. The third kappa shape index (κ3) is 1.68. The second-order valence-electron chi connectivity index (χ2n) is 2.60. The Bertz CT molecular complexity index is 379. The summed E-state index contributed by atoms with van der Waals surface area (Å²) in [5, 5.41) is 8.54. The zero-order valence-electron chi connectivity index (χ0n) is 7.09. The van der Waals surface area contributed by atoms with Crippen molar-refractivity contribution in [1.29, 1.82) is 0 Å². The Morgan fingerprint density at radius 2 is 2.14 bits per heavy atom. The number of carboxylic acid groups (broad SMARTS) is 1. The molecule has 0 amide bonds. The van der Waals surface area contributed by atoms with Crippen LogP contribution in [-0.2, 0) is 0 Å². The molecule has 0 aliphatic heterocycles. The van der Waals surface area contributed by atoms with E-state index in [9.17, 15) is 18.0 Å². The summed E-state index contributed by atoms with van der Waals surface area (Å²) in [5.41, 5.74) is -1.80. The van der Waals surface area contributed by atoms with E-state index in [1.54, 1.807) is 0 Å². The van der Waals surface area contributed by atoms with Crippen LogP contribution < -0.4 is 0 Å². The van der Waals surface area contributed by atoms with Crippen molar-refractivity contribution in [2.24, 2.45) is 0 Å². The van der Waals surface area contributed by atoms with Gasteiger partial charge in [-0.25, -0.2) is 18.0 Å². The zero-order chi connectivity index (χ0) is 10.9. The Kier molecular flexibility index (Phi) is 2.73. The van der Waals surface area contributed by atoms with Crippen LogP contribution in [0.3, 0.4) is 0 Å². The van der Waals surface area contributed by atoms with E-state index in [0.717, 1.165) is 6.92 Å². The fourth-order valence-electron chi connectivity index (χ4n) is 1.08. The van der Waals surface area contributed by atoms with Crippen LogP contribution in [0.25, 0.3) is 0 Å². The molecule has 0 atom stereocenters. The topological polar surface area (TPSA) is 50.2 Å². The first-order valence-corrected chi connectivity index (χ1v) is 3.61. The van der Waals surface area contributed by atoms with E-state index < -0.39 is 29.5 Å². The van der Waals surface area contributed by atoms with Crippen LogP contribution in [-0.4, -0.2) is 16.1 Å². The fraction of sp³-hybridized carbons (Fsp3) is 0.250. The number of hydrogen-bond donors (Lipinski definition) is 1. The van der Waals surface area contributed by atoms with Crippen LogP contribution >= 0.6 is 0 Å². The summed E-state index contributed by atoms with van der Waals surface area (Å²) in [6.45, 7) is 1.10. The molecule has 1 N–H and O–H groups in total. The van der Waals surface area contributed by atoms with Gasteiger partial charge in [-0.3, -0.25) is 4.98 Å². The molecule has 1 aromatic rings. The minimum absolute atomic E-state index is 0.340. The SMILES string of the molecule is Cc1c(C(F)F)ncc(F)c1C(=O)O. The van der Waals surface area contributed by atoms with Crippen molar-refractivity contribution in [2.45, 2.75) is 13.3 Å². The molecular formula is C8H6F3NO2. The highest BCUT2D eigenvalue weighted by Crippen LogP contribution is 2.23. The van der Waals surface area contributed by atoms with Gasteiger partial charge in [0.05, 0.1) is 6.20 Å². The summed E-state index contributed by atoms with van der Waals surface area (Å²) in [5.74, 6) is -2.69.